The highest BCUT2D eigenvalue weighted by molar-refractivity contribution is 5.14. The van der Waals surface area contributed by atoms with Crippen LogP contribution in [-0.4, -0.2) is 11.2 Å². The Morgan fingerprint density at radius 3 is 2.24 bits per heavy atom. The number of benzene rings is 1. The highest BCUT2D eigenvalue weighted by Crippen LogP contribution is 2.18. The maximum absolute atomic E-state index is 9.99. The normalized spacial score (nSPS) is 14.9. The summed E-state index contributed by atoms with van der Waals surface area (Å²) in [7, 11) is 0. The van der Waals surface area contributed by atoms with Crippen LogP contribution in [0.2, 0.25) is 0 Å². The summed E-state index contributed by atoms with van der Waals surface area (Å²) in [6.45, 7) is 6.73. The monoisotopic (exact) mass is 234 g/mol. The SMILES string of the molecule is CC(C)CC(C)CC(O)CCc1ccccc1. The van der Waals surface area contributed by atoms with Crippen LogP contribution < -0.4 is 0 Å². The Kier molecular flexibility index (Phi) is 6.28. The van der Waals surface area contributed by atoms with Crippen LogP contribution in [-0.2, 0) is 6.42 Å². The minimum atomic E-state index is -0.149. The highest BCUT2D eigenvalue weighted by Gasteiger charge is 2.11. The number of hydrogen-bond donors (Lipinski definition) is 1. The van der Waals surface area contributed by atoms with E-state index in [1.807, 2.05) is 6.07 Å². The van der Waals surface area contributed by atoms with Crippen molar-refractivity contribution in [2.45, 2.75) is 52.6 Å². The number of aliphatic hydroxyl groups is 1. The van der Waals surface area contributed by atoms with Crippen LogP contribution in [0.25, 0.3) is 0 Å². The van der Waals surface area contributed by atoms with Crippen LogP contribution in [0, 0.1) is 11.8 Å². The number of hydrogen-bond acceptors (Lipinski definition) is 1. The number of aliphatic hydroxyl groups excluding tert-OH is 1. The molecule has 2 atom stereocenters. The zero-order valence-electron chi connectivity index (χ0n) is 11.4. The molecule has 0 heterocycles. The van der Waals surface area contributed by atoms with Crippen molar-refractivity contribution >= 4 is 0 Å². The molecule has 1 heteroatoms. The maximum atomic E-state index is 9.99. The minimum absolute atomic E-state index is 0.149. The Bertz CT molecular complexity index is 292. The van der Waals surface area contributed by atoms with Crippen LogP contribution >= 0.6 is 0 Å². The Balaban J connectivity index is 2.23. The highest BCUT2D eigenvalue weighted by atomic mass is 16.3. The molecule has 0 fully saturated rings. The molecule has 0 aliphatic carbocycles. The lowest BCUT2D eigenvalue weighted by Gasteiger charge is -2.18. The van der Waals surface area contributed by atoms with E-state index in [4.69, 9.17) is 0 Å². The molecular weight excluding hydrogens is 208 g/mol. The van der Waals surface area contributed by atoms with Crippen molar-refractivity contribution in [1.29, 1.82) is 0 Å². The summed E-state index contributed by atoms with van der Waals surface area (Å²) >= 11 is 0. The van der Waals surface area contributed by atoms with Crippen LogP contribution in [0.5, 0.6) is 0 Å². The molecule has 0 aliphatic rings. The third-order valence-electron chi connectivity index (χ3n) is 3.16. The molecule has 0 saturated carbocycles. The first kappa shape index (κ1) is 14.2. The summed E-state index contributed by atoms with van der Waals surface area (Å²) < 4.78 is 0. The van der Waals surface area contributed by atoms with Gasteiger partial charge in [0.05, 0.1) is 6.10 Å². The quantitative estimate of drug-likeness (QED) is 0.754. The Hall–Kier alpha value is -0.820. The van der Waals surface area contributed by atoms with E-state index in [1.54, 1.807) is 0 Å². The fourth-order valence-corrected chi connectivity index (χ4v) is 2.46. The lowest BCUT2D eigenvalue weighted by Crippen LogP contribution is -2.14. The van der Waals surface area contributed by atoms with Gasteiger partial charge < -0.3 is 5.11 Å². The predicted octanol–water partition coefficient (Wildman–Crippen LogP) is 4.05. The van der Waals surface area contributed by atoms with Crippen molar-refractivity contribution in [3.8, 4) is 0 Å². The summed E-state index contributed by atoms with van der Waals surface area (Å²) in [6.07, 6.45) is 3.86. The maximum Gasteiger partial charge on any atom is 0.0546 e. The standard InChI is InChI=1S/C16H26O/c1-13(2)11-14(3)12-16(17)10-9-15-7-5-4-6-8-15/h4-8,13-14,16-17H,9-12H2,1-3H3. The summed E-state index contributed by atoms with van der Waals surface area (Å²) in [5.74, 6) is 1.35. The molecule has 96 valence electrons. The van der Waals surface area contributed by atoms with Crippen molar-refractivity contribution < 1.29 is 5.11 Å². The second-order valence-corrected chi connectivity index (χ2v) is 5.65. The van der Waals surface area contributed by atoms with Crippen molar-refractivity contribution in [3.63, 3.8) is 0 Å². The van der Waals surface area contributed by atoms with Gasteiger partial charge in [-0.25, -0.2) is 0 Å². The van der Waals surface area contributed by atoms with Crippen molar-refractivity contribution in [2.24, 2.45) is 11.8 Å². The first-order valence-corrected chi connectivity index (χ1v) is 6.80. The van der Waals surface area contributed by atoms with Gasteiger partial charge in [0.15, 0.2) is 0 Å². The molecule has 1 rings (SSSR count). The third kappa shape index (κ3) is 6.48. The van der Waals surface area contributed by atoms with E-state index >= 15 is 0 Å². The molecule has 1 aromatic rings. The summed E-state index contributed by atoms with van der Waals surface area (Å²) in [4.78, 5) is 0. The first-order chi connectivity index (χ1) is 8.08. The molecule has 2 unspecified atom stereocenters. The molecule has 1 nitrogen and oxygen atoms in total. The number of aryl methyl sites for hydroxylation is 1. The molecule has 0 bridgehead atoms. The van der Waals surface area contributed by atoms with E-state index < -0.39 is 0 Å². The second-order valence-electron chi connectivity index (χ2n) is 5.65. The second kappa shape index (κ2) is 7.50. The minimum Gasteiger partial charge on any atom is -0.393 e. The average molecular weight is 234 g/mol. The topological polar surface area (TPSA) is 20.2 Å². The van der Waals surface area contributed by atoms with E-state index in [2.05, 4.69) is 45.0 Å². The Morgan fingerprint density at radius 2 is 1.65 bits per heavy atom. The van der Waals surface area contributed by atoms with Crippen LogP contribution in [0.4, 0.5) is 0 Å². The van der Waals surface area contributed by atoms with Gasteiger partial charge in [0.2, 0.25) is 0 Å². The fourth-order valence-electron chi connectivity index (χ4n) is 2.46. The zero-order chi connectivity index (χ0) is 12.7. The summed E-state index contributed by atoms with van der Waals surface area (Å²) in [6, 6.07) is 10.4. The Labute approximate surface area is 106 Å². The lowest BCUT2D eigenvalue weighted by atomic mass is 9.92. The zero-order valence-corrected chi connectivity index (χ0v) is 11.4. The van der Waals surface area contributed by atoms with E-state index in [0.29, 0.717) is 5.92 Å². The summed E-state index contributed by atoms with van der Waals surface area (Å²) in [5.41, 5.74) is 1.32. The average Bonchev–Trinajstić information content (AvgIpc) is 2.26. The first-order valence-electron chi connectivity index (χ1n) is 6.80. The smallest absolute Gasteiger partial charge is 0.0546 e. The van der Waals surface area contributed by atoms with Crippen LogP contribution in [0.3, 0.4) is 0 Å². The molecule has 0 amide bonds. The van der Waals surface area contributed by atoms with Crippen molar-refractivity contribution in [3.05, 3.63) is 35.9 Å². The Morgan fingerprint density at radius 1 is 1.00 bits per heavy atom. The van der Waals surface area contributed by atoms with Gasteiger partial charge in [-0.2, -0.15) is 0 Å². The summed E-state index contributed by atoms with van der Waals surface area (Å²) in [5, 5.41) is 9.99. The van der Waals surface area contributed by atoms with Gasteiger partial charge in [-0.1, -0.05) is 51.1 Å². The molecule has 0 saturated heterocycles. The molecule has 1 aromatic carbocycles. The van der Waals surface area contributed by atoms with E-state index in [1.165, 1.54) is 12.0 Å². The van der Waals surface area contributed by atoms with Gasteiger partial charge in [0.25, 0.3) is 0 Å². The molecular formula is C16H26O. The van der Waals surface area contributed by atoms with Crippen LogP contribution in [0.1, 0.15) is 45.6 Å². The van der Waals surface area contributed by atoms with Gasteiger partial charge in [0.1, 0.15) is 0 Å². The molecule has 17 heavy (non-hydrogen) atoms. The fraction of sp³-hybridized carbons (Fsp3) is 0.625. The molecule has 0 radical (unpaired) electrons. The molecule has 1 N–H and O–H groups in total. The van der Waals surface area contributed by atoms with Gasteiger partial charge in [0, 0.05) is 0 Å². The third-order valence-corrected chi connectivity index (χ3v) is 3.16. The van der Waals surface area contributed by atoms with E-state index in [-0.39, 0.29) is 6.10 Å². The van der Waals surface area contributed by atoms with E-state index in [0.717, 1.165) is 25.2 Å². The van der Waals surface area contributed by atoms with Crippen molar-refractivity contribution in [2.75, 3.05) is 0 Å². The van der Waals surface area contributed by atoms with E-state index in [9.17, 15) is 5.11 Å². The van der Waals surface area contributed by atoms with Gasteiger partial charge >= 0.3 is 0 Å². The van der Waals surface area contributed by atoms with Crippen LogP contribution in [0.15, 0.2) is 30.3 Å². The van der Waals surface area contributed by atoms with Gasteiger partial charge in [-0.15, -0.1) is 0 Å². The predicted molar refractivity (Wildman–Crippen MR) is 74.0 cm³/mol. The molecule has 0 spiro atoms. The largest absolute Gasteiger partial charge is 0.393 e. The van der Waals surface area contributed by atoms with Gasteiger partial charge in [-0.05, 0) is 43.1 Å². The number of rotatable bonds is 7. The van der Waals surface area contributed by atoms with Gasteiger partial charge in [-0.3, -0.25) is 0 Å². The molecule has 0 aromatic heterocycles. The van der Waals surface area contributed by atoms with Crippen molar-refractivity contribution in [1.82, 2.24) is 0 Å². The lowest BCUT2D eigenvalue weighted by molar-refractivity contribution is 0.131. The molecule has 0 aliphatic heterocycles.